The van der Waals surface area contributed by atoms with Crippen molar-refractivity contribution < 1.29 is 0 Å². The third kappa shape index (κ3) is 3.91. The van der Waals surface area contributed by atoms with Crippen LogP contribution in [0.15, 0.2) is 121 Å². The van der Waals surface area contributed by atoms with Crippen molar-refractivity contribution in [2.45, 2.75) is 43.9 Å². The van der Waals surface area contributed by atoms with Crippen LogP contribution < -0.4 is 0 Å². The second kappa shape index (κ2) is 8.79. The minimum absolute atomic E-state index is 0.160. The molecule has 0 heterocycles. The fraction of sp³-hybridized carbons (Fsp3) is 0.250. The molecule has 1 fully saturated rings. The predicted molar refractivity (Wildman–Crippen MR) is 135 cm³/mol. The molecule has 0 bridgehead atoms. The fourth-order valence-electron chi connectivity index (χ4n) is 6.30. The minimum atomic E-state index is 0.160. The molecule has 0 amide bonds. The molecule has 4 atom stereocenters. The molecule has 5 rings (SSSR count). The maximum absolute atomic E-state index is 2.48. The summed E-state index contributed by atoms with van der Waals surface area (Å²) in [4.78, 5) is 0. The van der Waals surface area contributed by atoms with Crippen LogP contribution in [0.4, 0.5) is 0 Å². The van der Waals surface area contributed by atoms with Gasteiger partial charge in [0.05, 0.1) is 0 Å². The first-order valence-electron chi connectivity index (χ1n) is 11.8. The summed E-state index contributed by atoms with van der Waals surface area (Å²) in [6.07, 6.45) is 1.17. The topological polar surface area (TPSA) is 0 Å². The van der Waals surface area contributed by atoms with Crippen molar-refractivity contribution >= 4 is 0 Å². The van der Waals surface area contributed by atoms with E-state index in [0.29, 0.717) is 23.7 Å². The monoisotopic (exact) mass is 416 g/mol. The van der Waals surface area contributed by atoms with E-state index in [-0.39, 0.29) is 5.41 Å². The summed E-state index contributed by atoms with van der Waals surface area (Å²) in [7, 11) is 0. The Balaban J connectivity index is 1.75. The van der Waals surface area contributed by atoms with E-state index in [0.717, 1.165) is 0 Å². The summed E-state index contributed by atoms with van der Waals surface area (Å²) >= 11 is 0. The zero-order valence-electron chi connectivity index (χ0n) is 19.1. The van der Waals surface area contributed by atoms with E-state index >= 15 is 0 Å². The second-order valence-electron chi connectivity index (χ2n) is 9.97. The van der Waals surface area contributed by atoms with Gasteiger partial charge in [0.25, 0.3) is 0 Å². The maximum Gasteiger partial charge on any atom is -0.00132 e. The van der Waals surface area contributed by atoms with Gasteiger partial charge in [-0.3, -0.25) is 0 Å². The van der Waals surface area contributed by atoms with Gasteiger partial charge in [0, 0.05) is 0 Å². The van der Waals surface area contributed by atoms with E-state index in [1.54, 1.807) is 0 Å². The standard InChI is InChI=1S/C32H32/c1-32(2)23-28(24-15-7-3-8-16-24)29(25-17-9-4-10-18-25)30(26-19-11-5-12-20-26)31(32)27-21-13-6-14-22-27/h3-22,28-31H,23H2,1-2H3/t28-,29-,30-,31-/m0/s1. The van der Waals surface area contributed by atoms with Gasteiger partial charge in [0.15, 0.2) is 0 Å². The Morgan fingerprint density at radius 2 is 0.844 bits per heavy atom. The molecule has 4 aromatic carbocycles. The average Bonchev–Trinajstić information content (AvgIpc) is 2.85. The lowest BCUT2D eigenvalue weighted by molar-refractivity contribution is 0.132. The van der Waals surface area contributed by atoms with Crippen LogP contribution in [-0.4, -0.2) is 0 Å². The van der Waals surface area contributed by atoms with Crippen LogP contribution in [0.3, 0.4) is 0 Å². The maximum atomic E-state index is 2.48. The van der Waals surface area contributed by atoms with Gasteiger partial charge in [-0.25, -0.2) is 0 Å². The SMILES string of the molecule is CC1(C)C[C@@H](c2ccccc2)[C@H](c2ccccc2)[C@H](c2ccccc2)[C@@H]1c1ccccc1. The highest BCUT2D eigenvalue weighted by atomic mass is 14.5. The van der Waals surface area contributed by atoms with Gasteiger partial charge in [0.1, 0.15) is 0 Å². The number of rotatable bonds is 4. The van der Waals surface area contributed by atoms with Crippen LogP contribution >= 0.6 is 0 Å². The summed E-state index contributed by atoms with van der Waals surface area (Å²) < 4.78 is 0. The minimum Gasteiger partial charge on any atom is -0.0622 e. The molecule has 1 saturated carbocycles. The number of hydrogen-bond acceptors (Lipinski definition) is 0. The first-order valence-corrected chi connectivity index (χ1v) is 11.8. The molecule has 0 unspecified atom stereocenters. The van der Waals surface area contributed by atoms with Crippen LogP contribution in [0.2, 0.25) is 0 Å². The summed E-state index contributed by atoms with van der Waals surface area (Å²) in [6, 6.07) is 44.9. The molecule has 0 aliphatic heterocycles. The van der Waals surface area contributed by atoms with E-state index in [1.165, 1.54) is 28.7 Å². The molecule has 0 saturated heterocycles. The molecule has 0 N–H and O–H groups in total. The fourth-order valence-corrected chi connectivity index (χ4v) is 6.30. The molecular formula is C32H32. The van der Waals surface area contributed by atoms with E-state index in [1.807, 2.05) is 0 Å². The lowest BCUT2D eigenvalue weighted by Gasteiger charge is -2.53. The Labute approximate surface area is 193 Å². The van der Waals surface area contributed by atoms with Gasteiger partial charge in [0.2, 0.25) is 0 Å². The third-order valence-corrected chi connectivity index (χ3v) is 7.52. The molecule has 0 heteroatoms. The first kappa shape index (κ1) is 20.8. The Bertz CT molecular complexity index is 1110. The van der Waals surface area contributed by atoms with Gasteiger partial charge in [-0.05, 0) is 57.8 Å². The van der Waals surface area contributed by atoms with Crippen molar-refractivity contribution in [3.05, 3.63) is 144 Å². The zero-order chi connectivity index (χ0) is 22.0. The Kier molecular flexibility index (Phi) is 5.70. The first-order chi connectivity index (χ1) is 15.6. The molecule has 32 heavy (non-hydrogen) atoms. The van der Waals surface area contributed by atoms with Crippen molar-refractivity contribution in [1.82, 2.24) is 0 Å². The quantitative estimate of drug-likeness (QED) is 0.312. The van der Waals surface area contributed by atoms with Gasteiger partial charge >= 0.3 is 0 Å². The van der Waals surface area contributed by atoms with E-state index < -0.39 is 0 Å². The van der Waals surface area contributed by atoms with Crippen LogP contribution in [-0.2, 0) is 0 Å². The summed E-state index contributed by atoms with van der Waals surface area (Å²) in [5.74, 6) is 1.73. The highest BCUT2D eigenvalue weighted by Crippen LogP contribution is 2.63. The summed E-state index contributed by atoms with van der Waals surface area (Å²) in [6.45, 7) is 4.97. The number of benzene rings is 4. The van der Waals surface area contributed by atoms with Crippen molar-refractivity contribution in [2.75, 3.05) is 0 Å². The Morgan fingerprint density at radius 3 is 1.31 bits per heavy atom. The van der Waals surface area contributed by atoms with Crippen LogP contribution in [0.25, 0.3) is 0 Å². The smallest absolute Gasteiger partial charge is 0.00132 e. The molecule has 160 valence electrons. The molecule has 0 aromatic heterocycles. The molecular weight excluding hydrogens is 384 g/mol. The van der Waals surface area contributed by atoms with Crippen LogP contribution in [0.5, 0.6) is 0 Å². The van der Waals surface area contributed by atoms with Crippen molar-refractivity contribution in [1.29, 1.82) is 0 Å². The van der Waals surface area contributed by atoms with Crippen molar-refractivity contribution in [3.8, 4) is 0 Å². The highest BCUT2D eigenvalue weighted by molar-refractivity contribution is 5.41. The molecule has 0 nitrogen and oxygen atoms in total. The lowest BCUT2D eigenvalue weighted by Crippen LogP contribution is -2.40. The van der Waals surface area contributed by atoms with Crippen molar-refractivity contribution in [3.63, 3.8) is 0 Å². The predicted octanol–water partition coefficient (Wildman–Crippen LogP) is 8.55. The average molecular weight is 417 g/mol. The van der Waals surface area contributed by atoms with Gasteiger partial charge in [-0.15, -0.1) is 0 Å². The molecule has 1 aliphatic carbocycles. The normalized spacial score (nSPS) is 24.7. The number of hydrogen-bond donors (Lipinski definition) is 0. The summed E-state index contributed by atoms with van der Waals surface area (Å²) in [5.41, 5.74) is 5.98. The second-order valence-corrected chi connectivity index (χ2v) is 9.97. The van der Waals surface area contributed by atoms with E-state index in [4.69, 9.17) is 0 Å². The molecule has 1 aliphatic rings. The summed E-state index contributed by atoms with van der Waals surface area (Å²) in [5, 5.41) is 0. The Morgan fingerprint density at radius 1 is 0.469 bits per heavy atom. The van der Waals surface area contributed by atoms with Crippen molar-refractivity contribution in [2.24, 2.45) is 5.41 Å². The van der Waals surface area contributed by atoms with Gasteiger partial charge < -0.3 is 0 Å². The largest absolute Gasteiger partial charge is 0.0622 e. The van der Waals surface area contributed by atoms with Crippen LogP contribution in [0.1, 0.15) is 66.2 Å². The van der Waals surface area contributed by atoms with E-state index in [2.05, 4.69) is 135 Å². The molecule has 4 aromatic rings. The lowest BCUT2D eigenvalue weighted by atomic mass is 9.51. The molecule has 0 radical (unpaired) electrons. The van der Waals surface area contributed by atoms with Crippen LogP contribution in [0, 0.1) is 5.41 Å². The third-order valence-electron chi connectivity index (χ3n) is 7.52. The molecule has 0 spiro atoms. The van der Waals surface area contributed by atoms with E-state index in [9.17, 15) is 0 Å². The van der Waals surface area contributed by atoms with Gasteiger partial charge in [-0.1, -0.05) is 135 Å². The zero-order valence-corrected chi connectivity index (χ0v) is 19.1. The van der Waals surface area contributed by atoms with Gasteiger partial charge in [-0.2, -0.15) is 0 Å². The highest BCUT2D eigenvalue weighted by Gasteiger charge is 2.50. The Hall–Kier alpha value is -3.12.